The summed E-state index contributed by atoms with van der Waals surface area (Å²) in [5.74, 6) is -5.29. The zero-order valence-electron chi connectivity index (χ0n) is 28.9. The van der Waals surface area contributed by atoms with Crippen LogP contribution >= 0.6 is 0 Å². The monoisotopic (exact) mass is 741 g/mol. The fourth-order valence-corrected chi connectivity index (χ4v) is 5.60. The number of aromatic hydroxyl groups is 2. The molecule has 3 rings (SSSR count). The number of carbonyl (C=O) groups is 6. The summed E-state index contributed by atoms with van der Waals surface area (Å²) in [6.45, 7) is -1.24. The molecule has 5 atom stereocenters. The lowest BCUT2D eigenvalue weighted by molar-refractivity contribution is -0.142. The summed E-state index contributed by atoms with van der Waals surface area (Å²) in [6.07, 6.45) is 1.07. The molecule has 0 spiro atoms. The topological polar surface area (TPSA) is 325 Å². The summed E-state index contributed by atoms with van der Waals surface area (Å²) < 4.78 is 0. The molecule has 5 amide bonds. The van der Waals surface area contributed by atoms with Crippen LogP contribution in [0.4, 0.5) is 0 Å². The summed E-state index contributed by atoms with van der Waals surface area (Å²) >= 11 is 0. The van der Waals surface area contributed by atoms with Crippen molar-refractivity contribution in [2.24, 2.45) is 22.2 Å². The zero-order chi connectivity index (χ0) is 39.1. The molecule has 0 bridgehead atoms. The fraction of sp³-hybridized carbons (Fsp3) is 0.441. The van der Waals surface area contributed by atoms with Gasteiger partial charge in [-0.2, -0.15) is 0 Å². The van der Waals surface area contributed by atoms with E-state index in [1.807, 2.05) is 0 Å². The Morgan fingerprint density at radius 1 is 0.811 bits per heavy atom. The normalized spacial score (nSPS) is 16.0. The first-order valence-corrected chi connectivity index (χ1v) is 16.9. The van der Waals surface area contributed by atoms with Crippen LogP contribution in [0.25, 0.3) is 0 Å². The standard InChI is InChI=1S/C34H47N9O10/c35-23(3-1-13-38-34(36)37)29(49)41-25(16-20-7-11-22(46)12-8-20)33(53)43-14-2-4-27(43)32(52)42-26(18-44)31(51)40-24(30(50)39-17-28(47)48)15-19-5-9-21(45)10-6-19/h5-12,23-27,44-46H,1-4,13-18,35H2,(H,39,50)(H,40,51)(H,41,49)(H,42,52)(H,47,48)(H4,36,37,38)/t23-,24-,25-,26-,27-/m0/s1. The van der Waals surface area contributed by atoms with Crippen molar-refractivity contribution in [1.29, 1.82) is 0 Å². The number of aliphatic hydroxyl groups excluding tert-OH is 1. The number of phenols is 2. The van der Waals surface area contributed by atoms with Crippen molar-refractivity contribution < 1.29 is 49.2 Å². The van der Waals surface area contributed by atoms with Gasteiger partial charge in [-0.15, -0.1) is 0 Å². The predicted octanol–water partition coefficient (Wildman–Crippen LogP) is -3.10. The van der Waals surface area contributed by atoms with E-state index in [2.05, 4.69) is 26.3 Å². The SMILES string of the molecule is NC(N)=NCCC[C@H](N)C(=O)N[C@@H](Cc1ccc(O)cc1)C(=O)N1CCC[C@H]1C(=O)N[C@@H](CO)C(=O)N[C@@H](Cc1ccc(O)cc1)C(=O)NCC(=O)O. The van der Waals surface area contributed by atoms with Gasteiger partial charge in [0.25, 0.3) is 0 Å². The number of benzene rings is 2. The third-order valence-electron chi connectivity index (χ3n) is 8.37. The van der Waals surface area contributed by atoms with Crippen LogP contribution < -0.4 is 38.5 Å². The number of nitrogens with zero attached hydrogens (tertiary/aromatic N) is 2. The van der Waals surface area contributed by atoms with E-state index >= 15 is 0 Å². The lowest BCUT2D eigenvalue weighted by atomic mass is 10.0. The number of aliphatic imine (C=N–C) groups is 1. The quantitative estimate of drug-likeness (QED) is 0.0387. The number of hydrogen-bond acceptors (Lipinski definition) is 11. The van der Waals surface area contributed by atoms with E-state index in [0.717, 1.165) is 0 Å². The van der Waals surface area contributed by atoms with Crippen molar-refractivity contribution in [3.63, 3.8) is 0 Å². The van der Waals surface area contributed by atoms with Crippen LogP contribution in [0.3, 0.4) is 0 Å². The highest BCUT2D eigenvalue weighted by molar-refractivity contribution is 5.96. The second kappa shape index (κ2) is 20.2. The number of guanidine groups is 1. The number of carboxylic acids is 1. The molecule has 1 heterocycles. The number of carboxylic acid groups (broad SMARTS) is 1. The second-order valence-electron chi connectivity index (χ2n) is 12.5. The maximum absolute atomic E-state index is 14.0. The van der Waals surface area contributed by atoms with E-state index in [1.54, 1.807) is 12.1 Å². The molecule has 2 aromatic rings. The molecule has 19 nitrogen and oxygen atoms in total. The van der Waals surface area contributed by atoms with Crippen molar-refractivity contribution in [3.8, 4) is 11.5 Å². The first-order valence-electron chi connectivity index (χ1n) is 16.9. The number of likely N-dealkylation sites (tertiary alicyclic amines) is 1. The molecule has 1 fully saturated rings. The molecule has 19 heteroatoms. The highest BCUT2D eigenvalue weighted by atomic mass is 16.4. The molecule has 0 unspecified atom stereocenters. The largest absolute Gasteiger partial charge is 0.508 e. The summed E-state index contributed by atoms with van der Waals surface area (Å²) in [7, 11) is 0. The first kappa shape index (κ1) is 41.5. The van der Waals surface area contributed by atoms with Gasteiger partial charge >= 0.3 is 5.97 Å². The summed E-state index contributed by atoms with van der Waals surface area (Å²) in [4.78, 5) is 83.0. The molecule has 0 aromatic heterocycles. The van der Waals surface area contributed by atoms with Crippen LogP contribution in [-0.2, 0) is 41.6 Å². The maximum Gasteiger partial charge on any atom is 0.322 e. The minimum absolute atomic E-state index is 0.00484. The number of carbonyl (C=O) groups excluding carboxylic acids is 5. The highest BCUT2D eigenvalue weighted by Crippen LogP contribution is 2.21. The van der Waals surface area contributed by atoms with Crippen LogP contribution in [0.1, 0.15) is 36.8 Å². The Labute approximate surface area is 305 Å². The average molecular weight is 742 g/mol. The van der Waals surface area contributed by atoms with Gasteiger partial charge in [0.2, 0.25) is 29.5 Å². The molecular weight excluding hydrogens is 694 g/mol. The summed E-state index contributed by atoms with van der Waals surface area (Å²) in [6, 6.07) is 5.53. The lowest BCUT2D eigenvalue weighted by Gasteiger charge is -2.30. The van der Waals surface area contributed by atoms with Crippen molar-refractivity contribution in [2.75, 3.05) is 26.2 Å². The highest BCUT2D eigenvalue weighted by Gasteiger charge is 2.39. The Bertz CT molecular complexity index is 1620. The van der Waals surface area contributed by atoms with Gasteiger partial charge in [-0.25, -0.2) is 0 Å². The second-order valence-corrected chi connectivity index (χ2v) is 12.5. The lowest BCUT2D eigenvalue weighted by Crippen LogP contribution is -2.59. The Morgan fingerprint density at radius 2 is 1.38 bits per heavy atom. The average Bonchev–Trinajstić information content (AvgIpc) is 3.62. The molecule has 2 aromatic carbocycles. The van der Waals surface area contributed by atoms with Crippen LogP contribution in [0.15, 0.2) is 53.5 Å². The first-order chi connectivity index (χ1) is 25.2. The number of hydrogen-bond donors (Lipinski definition) is 11. The smallest absolute Gasteiger partial charge is 0.322 e. The molecular formula is C34H47N9O10. The molecule has 53 heavy (non-hydrogen) atoms. The van der Waals surface area contributed by atoms with Gasteiger partial charge in [-0.3, -0.25) is 33.8 Å². The van der Waals surface area contributed by atoms with Gasteiger partial charge in [0.1, 0.15) is 42.2 Å². The molecule has 0 saturated carbocycles. The number of aliphatic hydroxyl groups is 1. The van der Waals surface area contributed by atoms with Crippen LogP contribution in [-0.4, -0.2) is 123 Å². The number of aliphatic carboxylic acids is 1. The van der Waals surface area contributed by atoms with Crippen LogP contribution in [0.2, 0.25) is 0 Å². The van der Waals surface area contributed by atoms with E-state index in [9.17, 15) is 44.1 Å². The maximum atomic E-state index is 14.0. The van der Waals surface area contributed by atoms with Gasteiger partial charge < -0.3 is 63.8 Å². The minimum Gasteiger partial charge on any atom is -0.508 e. The van der Waals surface area contributed by atoms with Crippen molar-refractivity contribution in [1.82, 2.24) is 26.2 Å². The van der Waals surface area contributed by atoms with Crippen molar-refractivity contribution in [3.05, 3.63) is 59.7 Å². The number of nitrogens with one attached hydrogen (secondary N) is 4. The van der Waals surface area contributed by atoms with Crippen LogP contribution in [0, 0.1) is 0 Å². The minimum atomic E-state index is -1.57. The van der Waals surface area contributed by atoms with E-state index in [-0.39, 0.29) is 56.2 Å². The van der Waals surface area contributed by atoms with Gasteiger partial charge in [0.15, 0.2) is 5.96 Å². The van der Waals surface area contributed by atoms with E-state index in [0.29, 0.717) is 24.0 Å². The molecule has 1 saturated heterocycles. The Balaban J connectivity index is 1.74. The van der Waals surface area contributed by atoms with E-state index < -0.39 is 78.9 Å². The molecule has 14 N–H and O–H groups in total. The molecule has 288 valence electrons. The van der Waals surface area contributed by atoms with Crippen molar-refractivity contribution >= 4 is 41.5 Å². The number of phenolic OH excluding ortho intramolecular Hbond substituents is 2. The molecule has 0 radical (unpaired) electrons. The van der Waals surface area contributed by atoms with Gasteiger partial charge in [0, 0.05) is 25.9 Å². The van der Waals surface area contributed by atoms with E-state index in [1.165, 1.54) is 41.3 Å². The number of nitrogens with two attached hydrogens (primary N) is 3. The fourth-order valence-electron chi connectivity index (χ4n) is 5.60. The van der Waals surface area contributed by atoms with Crippen LogP contribution in [0.5, 0.6) is 11.5 Å². The number of rotatable bonds is 19. The molecule has 1 aliphatic heterocycles. The third-order valence-corrected chi connectivity index (χ3v) is 8.37. The van der Waals surface area contributed by atoms with Crippen molar-refractivity contribution in [2.45, 2.75) is 68.7 Å². The number of amides is 5. The Morgan fingerprint density at radius 3 is 1.92 bits per heavy atom. The Hall–Kier alpha value is -5.95. The molecule has 0 aliphatic carbocycles. The van der Waals surface area contributed by atoms with Gasteiger partial charge in [0.05, 0.1) is 12.6 Å². The Kier molecular flexibility index (Phi) is 15.8. The van der Waals surface area contributed by atoms with Gasteiger partial charge in [-0.1, -0.05) is 24.3 Å². The molecule has 1 aliphatic rings. The van der Waals surface area contributed by atoms with E-state index in [4.69, 9.17) is 22.3 Å². The summed E-state index contributed by atoms with van der Waals surface area (Å²) in [5.41, 5.74) is 17.8. The summed E-state index contributed by atoms with van der Waals surface area (Å²) in [5, 5.41) is 48.1. The zero-order valence-corrected chi connectivity index (χ0v) is 28.9. The predicted molar refractivity (Wildman–Crippen MR) is 190 cm³/mol. The van der Waals surface area contributed by atoms with Gasteiger partial charge in [-0.05, 0) is 61.1 Å². The third kappa shape index (κ3) is 13.3.